The number of hydrogen-bond donors (Lipinski definition) is 0. The molecule has 8 nitrogen and oxygen atoms in total. The van der Waals surface area contributed by atoms with Crippen molar-refractivity contribution >= 4 is 34.9 Å². The largest absolute Gasteiger partial charge is 0.497 e. The molecule has 1 aromatic heterocycles. The van der Waals surface area contributed by atoms with Gasteiger partial charge in [0, 0.05) is 18.7 Å². The Morgan fingerprint density at radius 2 is 1.82 bits per heavy atom. The van der Waals surface area contributed by atoms with Gasteiger partial charge in [0.15, 0.2) is 4.80 Å². The molecule has 0 fully saturated rings. The highest BCUT2D eigenvalue weighted by molar-refractivity contribution is 7.07. The van der Waals surface area contributed by atoms with Gasteiger partial charge in [0.25, 0.3) is 11.5 Å². The standard InChI is InChI=1S/C29H32ClN3O5S/c1-7-32(8-2)28(35)25-17(4)31-29-33(26(25)20-16-19(36-5)11-13-22(20)37-6)27(34)24(39-29)15-18-10-12-23(38-9-3)21(30)14-18/h10-16,26H,7-9H2,1-6H3/b24-15+/t26-/m0/s1. The van der Waals surface area contributed by atoms with Crippen LogP contribution in [0.5, 0.6) is 17.2 Å². The van der Waals surface area contributed by atoms with Crippen LogP contribution < -0.4 is 29.1 Å². The second-order valence-electron chi connectivity index (χ2n) is 8.79. The normalized spacial score (nSPS) is 15.1. The van der Waals surface area contributed by atoms with Crippen molar-refractivity contribution in [1.29, 1.82) is 0 Å². The van der Waals surface area contributed by atoms with Crippen molar-refractivity contribution in [3.8, 4) is 17.2 Å². The molecular weight excluding hydrogens is 538 g/mol. The second kappa shape index (κ2) is 12.1. The van der Waals surface area contributed by atoms with Crippen LogP contribution in [0, 0.1) is 0 Å². The number of methoxy groups -OCH3 is 2. The van der Waals surface area contributed by atoms with Crippen molar-refractivity contribution in [2.24, 2.45) is 4.99 Å². The van der Waals surface area contributed by atoms with Gasteiger partial charge in [0.2, 0.25) is 0 Å². The number of hydrogen-bond acceptors (Lipinski definition) is 7. The summed E-state index contributed by atoms with van der Waals surface area (Å²) in [6.07, 6.45) is 1.77. The summed E-state index contributed by atoms with van der Waals surface area (Å²) < 4.78 is 18.8. The first-order valence-corrected chi connectivity index (χ1v) is 13.9. The third kappa shape index (κ3) is 5.46. The van der Waals surface area contributed by atoms with E-state index in [1.54, 1.807) is 67.0 Å². The number of thiazole rings is 1. The average Bonchev–Trinajstić information content (AvgIpc) is 3.23. The summed E-state index contributed by atoms with van der Waals surface area (Å²) in [6.45, 7) is 9.10. The number of likely N-dealkylation sites (N-methyl/N-ethyl adjacent to an activating group) is 1. The van der Waals surface area contributed by atoms with E-state index in [2.05, 4.69) is 0 Å². The average molecular weight is 570 g/mol. The van der Waals surface area contributed by atoms with Gasteiger partial charge in [0.1, 0.15) is 23.3 Å². The predicted octanol–water partition coefficient (Wildman–Crippen LogP) is 4.17. The van der Waals surface area contributed by atoms with Gasteiger partial charge < -0.3 is 19.1 Å². The minimum atomic E-state index is -0.759. The zero-order chi connectivity index (χ0) is 28.3. The number of benzene rings is 2. The highest BCUT2D eigenvalue weighted by Crippen LogP contribution is 2.38. The van der Waals surface area contributed by atoms with E-state index in [-0.39, 0.29) is 11.5 Å². The van der Waals surface area contributed by atoms with E-state index in [0.29, 0.717) is 68.1 Å². The quantitative estimate of drug-likeness (QED) is 0.386. The first-order valence-electron chi connectivity index (χ1n) is 12.7. The molecule has 0 aliphatic carbocycles. The lowest BCUT2D eigenvalue weighted by atomic mass is 9.93. The fourth-order valence-corrected chi connectivity index (χ4v) is 5.94. The van der Waals surface area contributed by atoms with Gasteiger partial charge in [-0.15, -0.1) is 0 Å². The second-order valence-corrected chi connectivity index (χ2v) is 10.2. The zero-order valence-electron chi connectivity index (χ0n) is 22.9. The van der Waals surface area contributed by atoms with Gasteiger partial charge in [-0.1, -0.05) is 29.0 Å². The summed E-state index contributed by atoms with van der Waals surface area (Å²) in [5.74, 6) is 1.52. The van der Waals surface area contributed by atoms with Gasteiger partial charge in [-0.2, -0.15) is 0 Å². The molecule has 10 heteroatoms. The van der Waals surface area contributed by atoms with Crippen molar-refractivity contribution in [3.05, 3.63) is 83.5 Å². The number of nitrogens with zero attached hydrogens (tertiary/aromatic N) is 3. The van der Waals surface area contributed by atoms with Gasteiger partial charge in [-0.3, -0.25) is 14.2 Å². The lowest BCUT2D eigenvalue weighted by Gasteiger charge is -2.30. The molecule has 1 amide bonds. The number of fused-ring (bicyclic) bond motifs is 1. The van der Waals surface area contributed by atoms with Crippen molar-refractivity contribution in [1.82, 2.24) is 9.47 Å². The molecule has 0 saturated heterocycles. The SMILES string of the molecule is CCOc1ccc(/C=c2/sc3n(c2=O)[C@@H](c2cc(OC)ccc2OC)C(C(=O)N(CC)CC)=C(C)N=3)cc1Cl. The Morgan fingerprint density at radius 3 is 2.44 bits per heavy atom. The van der Waals surface area contributed by atoms with E-state index in [4.69, 9.17) is 30.8 Å². The van der Waals surface area contributed by atoms with Crippen LogP contribution in [-0.2, 0) is 4.79 Å². The van der Waals surface area contributed by atoms with E-state index in [0.717, 1.165) is 5.56 Å². The molecule has 4 rings (SSSR count). The third-order valence-corrected chi connectivity index (χ3v) is 7.87. The van der Waals surface area contributed by atoms with Gasteiger partial charge in [-0.25, -0.2) is 4.99 Å². The molecular formula is C29H32ClN3O5S. The van der Waals surface area contributed by atoms with E-state index in [9.17, 15) is 9.59 Å². The number of rotatable bonds is 9. The predicted molar refractivity (Wildman–Crippen MR) is 154 cm³/mol. The van der Waals surface area contributed by atoms with E-state index in [1.165, 1.54) is 11.3 Å². The number of ether oxygens (including phenoxy) is 3. The van der Waals surface area contributed by atoms with Crippen molar-refractivity contribution in [2.75, 3.05) is 33.9 Å². The molecule has 3 aromatic rings. The summed E-state index contributed by atoms with van der Waals surface area (Å²) in [5, 5.41) is 0.459. The Kier molecular flexibility index (Phi) is 8.82. The lowest BCUT2D eigenvalue weighted by Crippen LogP contribution is -2.43. The summed E-state index contributed by atoms with van der Waals surface area (Å²) in [7, 11) is 3.13. The first-order chi connectivity index (χ1) is 18.8. The zero-order valence-corrected chi connectivity index (χ0v) is 24.5. The molecule has 1 aliphatic heterocycles. The molecule has 0 N–H and O–H groups in total. The maximum Gasteiger partial charge on any atom is 0.271 e. The molecule has 0 spiro atoms. The van der Waals surface area contributed by atoms with E-state index in [1.807, 2.05) is 26.8 Å². The van der Waals surface area contributed by atoms with Crippen molar-refractivity contribution < 1.29 is 19.0 Å². The number of amides is 1. The number of carbonyl (C=O) groups is 1. The number of carbonyl (C=O) groups excluding carboxylic acids is 1. The number of halogens is 1. The minimum absolute atomic E-state index is 0.177. The molecule has 0 bridgehead atoms. The maximum atomic E-state index is 14.0. The minimum Gasteiger partial charge on any atom is -0.497 e. The fourth-order valence-electron chi connectivity index (χ4n) is 4.65. The highest BCUT2D eigenvalue weighted by Gasteiger charge is 2.36. The molecule has 206 valence electrons. The van der Waals surface area contributed by atoms with Crippen molar-refractivity contribution in [3.63, 3.8) is 0 Å². The van der Waals surface area contributed by atoms with Crippen LogP contribution >= 0.6 is 22.9 Å². The fraction of sp³-hybridized carbons (Fsp3) is 0.345. The van der Waals surface area contributed by atoms with Crippen molar-refractivity contribution in [2.45, 2.75) is 33.7 Å². The van der Waals surface area contributed by atoms with Gasteiger partial charge >= 0.3 is 0 Å². The van der Waals surface area contributed by atoms with Crippen LogP contribution in [0.4, 0.5) is 0 Å². The Hall–Kier alpha value is -3.56. The third-order valence-electron chi connectivity index (χ3n) is 6.59. The Labute approximate surface area is 236 Å². The number of allylic oxidation sites excluding steroid dienone is 1. The van der Waals surface area contributed by atoms with Crippen LogP contribution in [0.1, 0.15) is 44.9 Å². The molecule has 0 unspecified atom stereocenters. The van der Waals surface area contributed by atoms with E-state index < -0.39 is 6.04 Å². The summed E-state index contributed by atoms with van der Waals surface area (Å²) in [4.78, 5) is 34.8. The summed E-state index contributed by atoms with van der Waals surface area (Å²) in [6, 6.07) is 9.99. The Bertz CT molecular complexity index is 1600. The van der Waals surface area contributed by atoms with Crippen LogP contribution in [-0.4, -0.2) is 49.3 Å². The molecule has 0 radical (unpaired) electrons. The molecule has 39 heavy (non-hydrogen) atoms. The van der Waals surface area contributed by atoms with Gasteiger partial charge in [-0.05, 0) is 69.7 Å². The molecule has 2 heterocycles. The summed E-state index contributed by atoms with van der Waals surface area (Å²) in [5.41, 5.74) is 2.10. The smallest absolute Gasteiger partial charge is 0.271 e. The van der Waals surface area contributed by atoms with Crippen LogP contribution in [0.15, 0.2) is 57.5 Å². The lowest BCUT2D eigenvalue weighted by molar-refractivity contribution is -0.127. The molecule has 1 atom stereocenters. The monoisotopic (exact) mass is 569 g/mol. The molecule has 2 aromatic carbocycles. The van der Waals surface area contributed by atoms with E-state index >= 15 is 0 Å². The topological polar surface area (TPSA) is 82.4 Å². The van der Waals surface area contributed by atoms with Crippen LogP contribution in [0.2, 0.25) is 5.02 Å². The Morgan fingerprint density at radius 1 is 1.10 bits per heavy atom. The molecule has 1 aliphatic rings. The number of aromatic nitrogens is 1. The first kappa shape index (κ1) is 28.4. The van der Waals surface area contributed by atoms with Crippen LogP contribution in [0.3, 0.4) is 0 Å². The van der Waals surface area contributed by atoms with Crippen LogP contribution in [0.25, 0.3) is 6.08 Å². The van der Waals surface area contributed by atoms with Gasteiger partial charge in [0.05, 0.1) is 41.7 Å². The summed E-state index contributed by atoms with van der Waals surface area (Å²) >= 11 is 7.65. The molecule has 0 saturated carbocycles. The maximum absolute atomic E-state index is 14.0. The Balaban J connectivity index is 1.98. The highest BCUT2D eigenvalue weighted by atomic mass is 35.5.